The minimum absolute atomic E-state index is 0.108. The average Bonchev–Trinajstić information content (AvgIpc) is 3.12. The molecular weight excluding hydrogens is 374 g/mol. The van der Waals surface area contributed by atoms with Crippen LogP contribution in [0.5, 0.6) is 5.75 Å². The van der Waals surface area contributed by atoms with Gasteiger partial charge in [0.15, 0.2) is 5.13 Å². The van der Waals surface area contributed by atoms with Crippen LogP contribution in [0.15, 0.2) is 29.6 Å². The topological polar surface area (TPSA) is 83.5 Å². The molecule has 4 bridgehead atoms. The highest BCUT2D eigenvalue weighted by atomic mass is 32.1. The molecular formula is C21H25N3O3S. The summed E-state index contributed by atoms with van der Waals surface area (Å²) in [6.07, 6.45) is 4.86. The van der Waals surface area contributed by atoms with Crippen LogP contribution >= 0.6 is 11.3 Å². The Bertz CT molecular complexity index is 865. The second-order valence-corrected chi connectivity index (χ2v) is 9.44. The van der Waals surface area contributed by atoms with Crippen LogP contribution in [0.25, 0.3) is 0 Å². The number of nitrogens with one attached hydrogen (secondary N) is 2. The molecule has 0 radical (unpaired) electrons. The zero-order valence-corrected chi connectivity index (χ0v) is 16.7. The summed E-state index contributed by atoms with van der Waals surface area (Å²) < 4.78 is 5.16. The van der Waals surface area contributed by atoms with Gasteiger partial charge >= 0.3 is 0 Å². The van der Waals surface area contributed by atoms with E-state index in [1.165, 1.54) is 11.3 Å². The number of amides is 1. The molecule has 4 aliphatic carbocycles. The van der Waals surface area contributed by atoms with Crippen molar-refractivity contribution in [2.75, 3.05) is 12.4 Å². The van der Waals surface area contributed by atoms with E-state index in [0.717, 1.165) is 43.5 Å². The van der Waals surface area contributed by atoms with E-state index in [0.29, 0.717) is 28.6 Å². The predicted molar refractivity (Wildman–Crippen MR) is 108 cm³/mol. The number of aliphatic hydroxyl groups is 1. The van der Waals surface area contributed by atoms with E-state index in [9.17, 15) is 9.90 Å². The number of rotatable bonds is 5. The third kappa shape index (κ3) is 3.26. The van der Waals surface area contributed by atoms with Crippen molar-refractivity contribution in [2.24, 2.45) is 17.8 Å². The standard InChI is InChI=1S/C21H25N3O3S/c1-27-16-4-2-15(3-5-16)22-20-23-17(11-28-20)19(25)24-18-13-6-12-7-14(18)10-21(26,8-12)9-13/h2-5,11-14,18,26H,6-10H2,1H3,(H,22,23)(H,24,25)/t12?,13?,14?,18-,21-. The number of carbonyl (C=O) groups is 1. The Balaban J connectivity index is 1.24. The number of benzene rings is 1. The number of carbonyl (C=O) groups excluding carboxylic acids is 1. The molecule has 6 rings (SSSR count). The van der Waals surface area contributed by atoms with Crippen molar-refractivity contribution in [1.29, 1.82) is 0 Å². The van der Waals surface area contributed by atoms with Crippen LogP contribution in [0.1, 0.15) is 42.6 Å². The molecule has 2 atom stereocenters. The first-order valence-electron chi connectivity index (χ1n) is 9.91. The minimum Gasteiger partial charge on any atom is -0.497 e. The van der Waals surface area contributed by atoms with Crippen molar-refractivity contribution in [3.05, 3.63) is 35.3 Å². The van der Waals surface area contributed by atoms with E-state index in [2.05, 4.69) is 15.6 Å². The molecule has 7 heteroatoms. The van der Waals surface area contributed by atoms with Crippen LogP contribution in [0, 0.1) is 17.8 Å². The van der Waals surface area contributed by atoms with E-state index in [-0.39, 0.29) is 11.9 Å². The zero-order valence-electron chi connectivity index (χ0n) is 15.9. The van der Waals surface area contributed by atoms with E-state index in [4.69, 9.17) is 4.74 Å². The largest absolute Gasteiger partial charge is 0.497 e. The summed E-state index contributed by atoms with van der Waals surface area (Å²) in [5.41, 5.74) is 0.873. The highest BCUT2D eigenvalue weighted by molar-refractivity contribution is 7.14. The molecule has 0 saturated heterocycles. The van der Waals surface area contributed by atoms with Crippen LogP contribution in [0.4, 0.5) is 10.8 Å². The van der Waals surface area contributed by atoms with E-state index < -0.39 is 5.60 Å². The van der Waals surface area contributed by atoms with Gasteiger partial charge in [-0.25, -0.2) is 4.98 Å². The van der Waals surface area contributed by atoms with Crippen molar-refractivity contribution in [3.8, 4) is 5.75 Å². The average molecular weight is 400 g/mol. The summed E-state index contributed by atoms with van der Waals surface area (Å²) in [5, 5.41) is 19.7. The Hall–Kier alpha value is -2.12. The van der Waals surface area contributed by atoms with Gasteiger partial charge in [0, 0.05) is 17.1 Å². The fourth-order valence-electron chi connectivity index (χ4n) is 5.68. The lowest BCUT2D eigenvalue weighted by Crippen LogP contribution is -2.61. The number of ether oxygens (including phenoxy) is 1. The fraction of sp³-hybridized carbons (Fsp3) is 0.524. The molecule has 4 fully saturated rings. The maximum Gasteiger partial charge on any atom is 0.271 e. The van der Waals surface area contributed by atoms with Gasteiger partial charge in [0.1, 0.15) is 11.4 Å². The summed E-state index contributed by atoms with van der Waals surface area (Å²) in [7, 11) is 1.64. The van der Waals surface area contributed by atoms with Crippen molar-refractivity contribution in [2.45, 2.75) is 43.7 Å². The maximum absolute atomic E-state index is 12.8. The second kappa shape index (κ2) is 6.74. The molecule has 1 heterocycles. The minimum atomic E-state index is -0.478. The molecule has 1 aromatic carbocycles. The Labute approximate surface area is 168 Å². The molecule has 4 aliphatic rings. The molecule has 2 unspecified atom stereocenters. The SMILES string of the molecule is COc1ccc(Nc2nc(C(=O)N[C@H]3C4CC5CC3C[C@](O)(C5)C4)cs2)cc1. The van der Waals surface area contributed by atoms with Gasteiger partial charge in [-0.3, -0.25) is 4.79 Å². The third-order valence-corrected chi connectivity index (χ3v) is 7.37. The van der Waals surface area contributed by atoms with Crippen molar-refractivity contribution < 1.29 is 14.6 Å². The normalized spacial score (nSPS) is 32.9. The van der Waals surface area contributed by atoms with Crippen LogP contribution in [0.3, 0.4) is 0 Å². The van der Waals surface area contributed by atoms with E-state index in [1.807, 2.05) is 24.3 Å². The summed E-state index contributed by atoms with van der Waals surface area (Å²) in [6, 6.07) is 7.76. The number of methoxy groups -OCH3 is 1. The predicted octanol–water partition coefficient (Wildman–Crippen LogP) is 3.56. The van der Waals surface area contributed by atoms with Crippen LogP contribution in [-0.2, 0) is 0 Å². The first-order chi connectivity index (χ1) is 13.5. The van der Waals surface area contributed by atoms with Gasteiger partial charge in [0.2, 0.25) is 0 Å². The smallest absolute Gasteiger partial charge is 0.271 e. The van der Waals surface area contributed by atoms with E-state index >= 15 is 0 Å². The van der Waals surface area contributed by atoms with Crippen LogP contribution < -0.4 is 15.4 Å². The Morgan fingerprint density at radius 1 is 1.21 bits per heavy atom. The van der Waals surface area contributed by atoms with Crippen molar-refractivity contribution in [1.82, 2.24) is 10.3 Å². The van der Waals surface area contributed by atoms with Gasteiger partial charge in [0.25, 0.3) is 5.91 Å². The van der Waals surface area contributed by atoms with Crippen molar-refractivity contribution >= 4 is 28.1 Å². The van der Waals surface area contributed by atoms with Gasteiger partial charge in [-0.15, -0.1) is 11.3 Å². The summed E-state index contributed by atoms with van der Waals surface area (Å²) in [5.74, 6) is 2.12. The molecule has 1 amide bonds. The number of nitrogens with zero attached hydrogens (tertiary/aromatic N) is 1. The second-order valence-electron chi connectivity index (χ2n) is 8.58. The van der Waals surface area contributed by atoms with Crippen molar-refractivity contribution in [3.63, 3.8) is 0 Å². The molecule has 2 aromatic rings. The Kier molecular flexibility index (Phi) is 4.32. The molecule has 4 saturated carbocycles. The molecule has 3 N–H and O–H groups in total. The maximum atomic E-state index is 12.8. The number of anilines is 2. The lowest BCUT2D eigenvalue weighted by Gasteiger charge is -2.58. The lowest BCUT2D eigenvalue weighted by molar-refractivity contribution is -0.136. The van der Waals surface area contributed by atoms with Gasteiger partial charge < -0.3 is 20.5 Å². The Morgan fingerprint density at radius 2 is 1.93 bits per heavy atom. The first-order valence-corrected chi connectivity index (χ1v) is 10.8. The van der Waals surface area contributed by atoms with Crippen LogP contribution in [-0.4, -0.2) is 34.8 Å². The van der Waals surface area contributed by atoms with Gasteiger partial charge in [0.05, 0.1) is 12.7 Å². The highest BCUT2D eigenvalue weighted by Crippen LogP contribution is 2.55. The molecule has 0 spiro atoms. The van der Waals surface area contributed by atoms with Gasteiger partial charge in [-0.05, 0) is 74.1 Å². The molecule has 148 valence electrons. The van der Waals surface area contributed by atoms with Gasteiger partial charge in [-0.1, -0.05) is 0 Å². The summed E-state index contributed by atoms with van der Waals surface area (Å²) in [4.78, 5) is 17.3. The molecule has 0 aliphatic heterocycles. The molecule has 28 heavy (non-hydrogen) atoms. The first kappa shape index (κ1) is 17.9. The Morgan fingerprint density at radius 3 is 2.57 bits per heavy atom. The fourth-order valence-corrected chi connectivity index (χ4v) is 6.39. The summed E-state index contributed by atoms with van der Waals surface area (Å²) >= 11 is 1.42. The zero-order chi connectivity index (χ0) is 19.3. The molecule has 1 aromatic heterocycles. The third-order valence-electron chi connectivity index (χ3n) is 6.62. The quantitative estimate of drug-likeness (QED) is 0.716. The number of aromatic nitrogens is 1. The highest BCUT2D eigenvalue weighted by Gasteiger charge is 2.55. The number of hydrogen-bond acceptors (Lipinski definition) is 6. The summed E-state index contributed by atoms with van der Waals surface area (Å²) in [6.45, 7) is 0. The van der Waals surface area contributed by atoms with E-state index in [1.54, 1.807) is 12.5 Å². The lowest BCUT2D eigenvalue weighted by atomic mass is 9.52. The van der Waals surface area contributed by atoms with Crippen LogP contribution in [0.2, 0.25) is 0 Å². The van der Waals surface area contributed by atoms with Gasteiger partial charge in [-0.2, -0.15) is 0 Å². The molecule has 6 nitrogen and oxygen atoms in total. The monoisotopic (exact) mass is 399 g/mol. The number of hydrogen-bond donors (Lipinski definition) is 3. The number of thiazole rings is 1.